The van der Waals surface area contributed by atoms with Crippen LogP contribution in [0.25, 0.3) is 0 Å². The van der Waals surface area contributed by atoms with Gasteiger partial charge in [0.05, 0.1) is 0 Å². The van der Waals surface area contributed by atoms with Crippen molar-refractivity contribution in [3.8, 4) is 0 Å². The molecule has 0 aliphatic heterocycles. The second-order valence-corrected chi connectivity index (χ2v) is 3.82. The molecule has 0 fully saturated rings. The van der Waals surface area contributed by atoms with Crippen LogP contribution in [0.2, 0.25) is 0 Å². The molecule has 0 atom stereocenters. The molecule has 0 N–H and O–H groups in total. The first-order chi connectivity index (χ1) is 6.77. The smallest absolute Gasteiger partial charge is 0.372 e. The number of benzene rings is 1. The molecule has 0 radical (unpaired) electrons. The van der Waals surface area contributed by atoms with Gasteiger partial charge >= 0.3 is 18.9 Å². The summed E-state index contributed by atoms with van der Waals surface area (Å²) < 4.78 is 0. The third-order valence-electron chi connectivity index (χ3n) is 2.39. The van der Waals surface area contributed by atoms with Crippen molar-refractivity contribution in [2.45, 2.75) is 33.6 Å². The summed E-state index contributed by atoms with van der Waals surface area (Å²) in [6.45, 7) is 8.93. The van der Waals surface area contributed by atoms with Gasteiger partial charge in [-0.25, -0.2) is 0 Å². The fourth-order valence-corrected chi connectivity index (χ4v) is 1.67. The molecule has 2 heteroatoms. The first kappa shape index (κ1) is 14.6. The van der Waals surface area contributed by atoms with Gasteiger partial charge < -0.3 is 4.90 Å². The molecule has 78 valence electrons. The Morgan fingerprint density at radius 3 is 1.80 bits per heavy atom. The van der Waals surface area contributed by atoms with Gasteiger partial charge in [0, 0.05) is 18.8 Å². The molecule has 0 amide bonds. The van der Waals surface area contributed by atoms with Gasteiger partial charge in [-0.1, -0.05) is 31.5 Å². The number of anilines is 1. The Kier molecular flexibility index (Phi) is 7.65. The van der Waals surface area contributed by atoms with E-state index in [1.807, 2.05) is 0 Å². The summed E-state index contributed by atoms with van der Waals surface area (Å²) in [5.41, 5.74) is 2.70. The summed E-state index contributed by atoms with van der Waals surface area (Å²) >= 11 is 0. The normalized spacial score (nSPS) is 9.53. The maximum absolute atomic E-state index is 2.46. The molecule has 0 saturated heterocycles. The molecule has 0 aromatic heterocycles. The topological polar surface area (TPSA) is 3.24 Å². The van der Waals surface area contributed by atoms with E-state index < -0.39 is 0 Å². The molecule has 15 heavy (non-hydrogen) atoms. The third kappa shape index (κ3) is 4.78. The average molecular weight is 198 g/mol. The Morgan fingerprint density at radius 2 is 1.40 bits per heavy atom. The van der Waals surface area contributed by atoms with Crippen molar-refractivity contribution in [2.24, 2.45) is 0 Å². The number of hydrogen-bond acceptors (Lipinski definition) is 1. The van der Waals surface area contributed by atoms with Crippen molar-refractivity contribution in [3.05, 3.63) is 29.8 Å². The minimum Gasteiger partial charge on any atom is -0.372 e. The van der Waals surface area contributed by atoms with Crippen LogP contribution in [-0.2, 0) is 0 Å². The van der Waals surface area contributed by atoms with Crippen molar-refractivity contribution in [1.82, 2.24) is 0 Å². The van der Waals surface area contributed by atoms with Gasteiger partial charge in [-0.05, 0) is 31.9 Å². The first-order valence-corrected chi connectivity index (χ1v) is 5.59. The second-order valence-electron chi connectivity index (χ2n) is 3.82. The van der Waals surface area contributed by atoms with E-state index in [4.69, 9.17) is 0 Å². The number of rotatable bonds is 5. The molecule has 1 aromatic carbocycles. The number of nitrogens with zero attached hydrogens (tertiary/aromatic N) is 1. The van der Waals surface area contributed by atoms with E-state index in [0.717, 1.165) is 13.1 Å². The molecule has 0 aliphatic carbocycles. The summed E-state index contributed by atoms with van der Waals surface area (Å²) in [5.74, 6) is 0. The maximum Gasteiger partial charge on any atom is 1.00 e. The van der Waals surface area contributed by atoms with Crippen molar-refractivity contribution < 1.29 is 18.9 Å². The van der Waals surface area contributed by atoms with Crippen molar-refractivity contribution in [3.63, 3.8) is 0 Å². The molecule has 0 saturated carbocycles. The van der Waals surface area contributed by atoms with Gasteiger partial charge in [-0.15, -0.1) is 0 Å². The maximum atomic E-state index is 2.46. The predicted molar refractivity (Wildman–Crippen MR) is 64.0 cm³/mol. The van der Waals surface area contributed by atoms with Gasteiger partial charge in [-0.2, -0.15) is 0 Å². The molecule has 0 spiro atoms. The largest absolute Gasteiger partial charge is 1.00 e. The van der Waals surface area contributed by atoms with Gasteiger partial charge in [-0.3, -0.25) is 0 Å². The zero-order chi connectivity index (χ0) is 10.4. The van der Waals surface area contributed by atoms with E-state index in [0.29, 0.717) is 0 Å². The Bertz CT molecular complexity index is 250. The third-order valence-corrected chi connectivity index (χ3v) is 2.39. The molecular weight excluding hydrogens is 177 g/mol. The van der Waals surface area contributed by atoms with E-state index in [9.17, 15) is 0 Å². The van der Waals surface area contributed by atoms with E-state index in [-0.39, 0.29) is 18.9 Å². The second kappa shape index (κ2) is 7.85. The molecule has 1 aromatic rings. The summed E-state index contributed by atoms with van der Waals surface area (Å²) in [4.78, 5) is 2.46. The van der Waals surface area contributed by atoms with E-state index in [1.165, 1.54) is 24.1 Å². The molecular formula is C13H21LiN+. The van der Waals surface area contributed by atoms with Gasteiger partial charge in [0.2, 0.25) is 0 Å². The van der Waals surface area contributed by atoms with Gasteiger partial charge in [0.1, 0.15) is 0 Å². The molecule has 0 unspecified atom stereocenters. The SMILES string of the molecule is CCCN(CCC)c1ccc(C)cc1.[Li+]. The average Bonchev–Trinajstić information content (AvgIpc) is 2.19. The molecule has 1 nitrogen and oxygen atoms in total. The van der Waals surface area contributed by atoms with E-state index >= 15 is 0 Å². The zero-order valence-electron chi connectivity index (χ0n) is 10.6. The van der Waals surface area contributed by atoms with Crippen molar-refractivity contribution in [2.75, 3.05) is 18.0 Å². The molecule has 0 heterocycles. The summed E-state index contributed by atoms with van der Waals surface area (Å²) in [6.07, 6.45) is 2.43. The number of hydrogen-bond donors (Lipinski definition) is 0. The van der Waals surface area contributed by atoms with Crippen LogP contribution in [0, 0.1) is 6.92 Å². The predicted octanol–water partition coefficient (Wildman–Crippen LogP) is 0.625. The summed E-state index contributed by atoms with van der Waals surface area (Å²) in [5, 5.41) is 0. The van der Waals surface area contributed by atoms with Crippen LogP contribution in [0.15, 0.2) is 24.3 Å². The number of aryl methyl sites for hydroxylation is 1. The van der Waals surface area contributed by atoms with Crippen molar-refractivity contribution in [1.29, 1.82) is 0 Å². The Labute approximate surface area is 106 Å². The van der Waals surface area contributed by atoms with Crippen LogP contribution in [0.3, 0.4) is 0 Å². The van der Waals surface area contributed by atoms with Crippen LogP contribution in [-0.4, -0.2) is 13.1 Å². The fraction of sp³-hybridized carbons (Fsp3) is 0.538. The summed E-state index contributed by atoms with van der Waals surface area (Å²) in [6, 6.07) is 8.82. The van der Waals surface area contributed by atoms with Crippen LogP contribution in [0.5, 0.6) is 0 Å². The fourth-order valence-electron chi connectivity index (χ4n) is 1.67. The summed E-state index contributed by atoms with van der Waals surface area (Å²) in [7, 11) is 0. The van der Waals surface area contributed by atoms with Crippen LogP contribution in [0.1, 0.15) is 32.3 Å². The Morgan fingerprint density at radius 1 is 0.933 bits per heavy atom. The molecule has 0 bridgehead atoms. The Hall–Kier alpha value is -0.383. The van der Waals surface area contributed by atoms with Gasteiger partial charge in [0.25, 0.3) is 0 Å². The van der Waals surface area contributed by atoms with E-state index in [1.54, 1.807) is 0 Å². The van der Waals surface area contributed by atoms with Crippen molar-refractivity contribution >= 4 is 5.69 Å². The zero-order valence-corrected chi connectivity index (χ0v) is 10.6. The van der Waals surface area contributed by atoms with Crippen LogP contribution < -0.4 is 23.8 Å². The minimum absolute atomic E-state index is 0. The quantitative estimate of drug-likeness (QED) is 0.627. The molecule has 0 aliphatic rings. The molecule has 1 rings (SSSR count). The monoisotopic (exact) mass is 198 g/mol. The minimum atomic E-state index is 0. The Balaban J connectivity index is 0.00000196. The first-order valence-electron chi connectivity index (χ1n) is 5.59. The van der Waals surface area contributed by atoms with Crippen LogP contribution >= 0.6 is 0 Å². The van der Waals surface area contributed by atoms with E-state index in [2.05, 4.69) is 49.9 Å². The van der Waals surface area contributed by atoms with Crippen LogP contribution in [0.4, 0.5) is 5.69 Å². The standard InChI is InChI=1S/C13H21N.Li/c1-4-10-14(11-5-2)13-8-6-12(3)7-9-13;/h6-9H,4-5,10-11H2,1-3H3;/q;+1. The van der Waals surface area contributed by atoms with Gasteiger partial charge in [0.15, 0.2) is 0 Å².